The Balaban J connectivity index is 4.12. The van der Waals surface area contributed by atoms with Crippen LogP contribution in [0.15, 0.2) is 48.6 Å². The molecule has 1 heterocycles. The summed E-state index contributed by atoms with van der Waals surface area (Å²) >= 11 is 0. The third kappa shape index (κ3) is 5.09. The minimum atomic E-state index is -4.35. The van der Waals surface area contributed by atoms with Crippen molar-refractivity contribution in [2.24, 2.45) is 0 Å². The molecule has 0 aromatic heterocycles. The molecule has 1 rings (SSSR count). The number of aliphatic hydroxyl groups excluding tert-OH is 1. The fraction of sp³-hybridized carbons (Fsp3) is 0.455. The monoisotopic (exact) mass is 516 g/mol. The molecule has 0 aliphatic carbocycles. The summed E-state index contributed by atoms with van der Waals surface area (Å²) in [6.07, 6.45) is -2.56. The second kappa shape index (κ2) is 10.3. The molecule has 0 aromatic rings. The lowest BCUT2D eigenvalue weighted by atomic mass is 9.85. The molecule has 5 N–H and O–H groups in total. The van der Waals surface area contributed by atoms with Gasteiger partial charge >= 0.3 is 47.2 Å². The third-order valence-corrected chi connectivity index (χ3v) is 4.63. The first-order chi connectivity index (χ1) is 16.2. The van der Waals surface area contributed by atoms with E-state index in [1.165, 1.54) is 0 Å². The van der Waals surface area contributed by atoms with Crippen molar-refractivity contribution in [1.29, 1.82) is 0 Å². The SMILES string of the molecule is C=C(C)C(=O)O[C@@]1(O)O[C@H](CO)[C@](O)(OC(=O)C(=C)C)[C@@](O)(OC(=O)C(=C)C)[C@]1(O)OC(=O)C(=C)C. The maximum absolute atomic E-state index is 12.4. The highest BCUT2D eigenvalue weighted by Crippen LogP contribution is 2.52. The van der Waals surface area contributed by atoms with E-state index >= 15 is 0 Å². The van der Waals surface area contributed by atoms with E-state index in [1.807, 2.05) is 0 Å². The van der Waals surface area contributed by atoms with Crippen molar-refractivity contribution in [1.82, 2.24) is 0 Å². The normalized spacial score (nSPS) is 31.4. The predicted molar refractivity (Wildman–Crippen MR) is 115 cm³/mol. The van der Waals surface area contributed by atoms with E-state index in [2.05, 4.69) is 35.8 Å². The van der Waals surface area contributed by atoms with Crippen LogP contribution >= 0.6 is 0 Å². The maximum atomic E-state index is 12.4. The molecule has 5 atom stereocenters. The average molecular weight is 516 g/mol. The van der Waals surface area contributed by atoms with Crippen molar-refractivity contribution in [3.05, 3.63) is 48.6 Å². The number of rotatable bonds is 9. The molecule has 0 aromatic carbocycles. The maximum Gasteiger partial charge on any atom is 0.405 e. The zero-order chi connectivity index (χ0) is 28.4. The number of hydrogen-bond donors (Lipinski definition) is 5. The van der Waals surface area contributed by atoms with Gasteiger partial charge in [0, 0.05) is 22.3 Å². The topological polar surface area (TPSA) is 216 Å². The molecule has 1 aliphatic rings. The molecule has 200 valence electrons. The van der Waals surface area contributed by atoms with Crippen LogP contribution in [0.1, 0.15) is 27.7 Å². The molecule has 1 aliphatic heterocycles. The lowest BCUT2D eigenvalue weighted by molar-refractivity contribution is -0.592. The fourth-order valence-electron chi connectivity index (χ4n) is 2.58. The van der Waals surface area contributed by atoms with Gasteiger partial charge in [-0.25, -0.2) is 19.2 Å². The minimum absolute atomic E-state index is 0.425. The molecule has 0 amide bonds. The summed E-state index contributed by atoms with van der Waals surface area (Å²) in [4.78, 5) is 49.4. The zero-order valence-corrected chi connectivity index (χ0v) is 20.0. The summed E-state index contributed by atoms with van der Waals surface area (Å²) in [6.45, 7) is 15.7. The van der Waals surface area contributed by atoms with Gasteiger partial charge in [0.05, 0.1) is 6.61 Å². The lowest BCUT2D eigenvalue weighted by Gasteiger charge is -2.57. The quantitative estimate of drug-likeness (QED) is 0.103. The fourth-order valence-corrected chi connectivity index (χ4v) is 2.58. The number of carbonyl (C=O) groups is 4. The van der Waals surface area contributed by atoms with Crippen molar-refractivity contribution in [2.75, 3.05) is 6.61 Å². The molecule has 0 radical (unpaired) electrons. The van der Waals surface area contributed by atoms with Crippen molar-refractivity contribution < 1.29 is 68.4 Å². The Morgan fingerprint density at radius 2 is 1.00 bits per heavy atom. The highest BCUT2D eigenvalue weighted by molar-refractivity contribution is 5.90. The van der Waals surface area contributed by atoms with E-state index in [4.69, 9.17) is 14.2 Å². The van der Waals surface area contributed by atoms with E-state index in [0.717, 1.165) is 27.7 Å². The Bertz CT molecular complexity index is 1030. The number of aliphatic hydroxyl groups is 5. The number of esters is 4. The van der Waals surface area contributed by atoms with Crippen LogP contribution in [0.25, 0.3) is 0 Å². The van der Waals surface area contributed by atoms with E-state index in [1.54, 1.807) is 0 Å². The van der Waals surface area contributed by atoms with Crippen molar-refractivity contribution in [3.8, 4) is 0 Å². The molecule has 0 saturated carbocycles. The van der Waals surface area contributed by atoms with Gasteiger partial charge in [0.2, 0.25) is 0 Å². The Labute approximate surface area is 205 Å². The molecule has 36 heavy (non-hydrogen) atoms. The zero-order valence-electron chi connectivity index (χ0n) is 20.0. The summed E-state index contributed by atoms with van der Waals surface area (Å²) in [5.41, 5.74) is -1.86. The van der Waals surface area contributed by atoms with Crippen molar-refractivity contribution in [3.63, 3.8) is 0 Å². The Morgan fingerprint density at radius 3 is 1.36 bits per heavy atom. The molecular formula is C22H28O14. The number of hydrogen-bond acceptors (Lipinski definition) is 14. The molecule has 14 nitrogen and oxygen atoms in total. The van der Waals surface area contributed by atoms with Crippen LogP contribution in [0.4, 0.5) is 0 Å². The number of carbonyl (C=O) groups excluding carboxylic acids is 4. The van der Waals surface area contributed by atoms with Crippen LogP contribution in [-0.4, -0.2) is 85.5 Å². The van der Waals surface area contributed by atoms with Gasteiger partial charge in [-0.05, 0) is 27.7 Å². The number of ether oxygens (including phenoxy) is 5. The van der Waals surface area contributed by atoms with Crippen molar-refractivity contribution >= 4 is 23.9 Å². The van der Waals surface area contributed by atoms with Crippen LogP contribution < -0.4 is 0 Å². The van der Waals surface area contributed by atoms with E-state index in [-0.39, 0.29) is 0 Å². The van der Waals surface area contributed by atoms with Gasteiger partial charge in [0.25, 0.3) is 0 Å². The first-order valence-corrected chi connectivity index (χ1v) is 9.96. The van der Waals surface area contributed by atoms with Gasteiger partial charge in [0.15, 0.2) is 6.10 Å². The first-order valence-electron chi connectivity index (χ1n) is 9.96. The van der Waals surface area contributed by atoms with Crippen LogP contribution in [0.2, 0.25) is 0 Å². The van der Waals surface area contributed by atoms with Gasteiger partial charge in [0.1, 0.15) is 0 Å². The predicted octanol–water partition coefficient (Wildman–Crippen LogP) is -1.43. The molecule has 14 heteroatoms. The van der Waals surface area contributed by atoms with Gasteiger partial charge < -0.3 is 44.5 Å². The standard InChI is InChI=1S/C22H28O14/c1-10(2)15(24)33-19(28)14(9-23)32-22(31,36-18(27)13(7)8)21(30,35-17(26)12(5)6)20(19,29)34-16(25)11(3)4/h14,23,28-31H,1,3,5,7,9H2,2,4,6,8H3/t14-,19+,20-,21+,22+/m1/s1. The third-order valence-electron chi connectivity index (χ3n) is 4.63. The molecule has 1 saturated heterocycles. The minimum Gasteiger partial charge on any atom is -0.419 e. The van der Waals surface area contributed by atoms with Gasteiger partial charge in [-0.1, -0.05) is 26.3 Å². The van der Waals surface area contributed by atoms with E-state index < -0.39 is 82.2 Å². The molecule has 0 unspecified atom stereocenters. The van der Waals surface area contributed by atoms with Gasteiger partial charge in [-0.3, -0.25) is 4.74 Å². The highest BCUT2D eigenvalue weighted by Gasteiger charge is 2.87. The Kier molecular flexibility index (Phi) is 8.76. The Hall–Kier alpha value is -3.40. The van der Waals surface area contributed by atoms with Gasteiger partial charge in [-0.15, -0.1) is 0 Å². The molecule has 1 fully saturated rings. The summed E-state index contributed by atoms with van der Waals surface area (Å²) < 4.78 is 23.7. The lowest BCUT2D eigenvalue weighted by Crippen LogP contribution is -2.87. The summed E-state index contributed by atoms with van der Waals surface area (Å²) in [5, 5.41) is 55.1. The van der Waals surface area contributed by atoms with E-state index in [9.17, 15) is 44.7 Å². The highest BCUT2D eigenvalue weighted by atomic mass is 16.9. The Morgan fingerprint density at radius 1 is 0.667 bits per heavy atom. The van der Waals surface area contributed by atoms with Crippen LogP contribution in [-0.2, 0) is 42.9 Å². The van der Waals surface area contributed by atoms with Crippen LogP contribution in [0.5, 0.6) is 0 Å². The second-order valence-corrected chi connectivity index (χ2v) is 8.03. The summed E-state index contributed by atoms with van der Waals surface area (Å²) in [6, 6.07) is 0. The molecular weight excluding hydrogens is 488 g/mol. The van der Waals surface area contributed by atoms with Crippen LogP contribution in [0, 0.1) is 0 Å². The molecule has 0 spiro atoms. The average Bonchev–Trinajstić information content (AvgIpc) is 2.75. The smallest absolute Gasteiger partial charge is 0.405 e. The first kappa shape index (κ1) is 30.6. The second-order valence-electron chi connectivity index (χ2n) is 8.03. The van der Waals surface area contributed by atoms with E-state index in [0.29, 0.717) is 0 Å². The van der Waals surface area contributed by atoms with Gasteiger partial charge in [-0.2, -0.15) is 0 Å². The van der Waals surface area contributed by atoms with Crippen molar-refractivity contribution in [2.45, 2.75) is 57.1 Å². The molecule has 0 bridgehead atoms. The summed E-state index contributed by atoms with van der Waals surface area (Å²) in [7, 11) is 0. The largest absolute Gasteiger partial charge is 0.419 e. The summed E-state index contributed by atoms with van der Waals surface area (Å²) in [5.74, 6) is -22.9. The van der Waals surface area contributed by atoms with Crippen LogP contribution in [0.3, 0.4) is 0 Å².